The zero-order chi connectivity index (χ0) is 17.9. The van der Waals surface area contributed by atoms with Gasteiger partial charge in [-0.3, -0.25) is 4.79 Å². The summed E-state index contributed by atoms with van der Waals surface area (Å²) in [7, 11) is 0. The molecule has 0 aromatic carbocycles. The number of ether oxygens (including phenoxy) is 1. The highest BCUT2D eigenvalue weighted by atomic mass is 32.2. The maximum Gasteiger partial charge on any atom is 0.340 e. The van der Waals surface area contributed by atoms with Gasteiger partial charge < -0.3 is 14.3 Å². The number of hydrogen-bond acceptors (Lipinski definition) is 6. The van der Waals surface area contributed by atoms with Gasteiger partial charge in [-0.05, 0) is 40.2 Å². The van der Waals surface area contributed by atoms with Gasteiger partial charge in [0.25, 0.3) is 0 Å². The number of aromatic nitrogens is 4. The lowest BCUT2D eigenvalue weighted by Gasteiger charge is -2.10. The Labute approximate surface area is 145 Å². The van der Waals surface area contributed by atoms with E-state index in [0.29, 0.717) is 34.3 Å². The van der Waals surface area contributed by atoms with E-state index in [2.05, 4.69) is 15.2 Å². The summed E-state index contributed by atoms with van der Waals surface area (Å²) in [6, 6.07) is 0. The molecular formula is C16H22N4O3S. The molecule has 0 amide bonds. The number of nitrogens with zero attached hydrogens (tertiary/aromatic N) is 3. The van der Waals surface area contributed by atoms with Crippen LogP contribution in [-0.4, -0.2) is 43.4 Å². The fourth-order valence-corrected chi connectivity index (χ4v) is 3.42. The molecule has 1 N–H and O–H groups in total. The third kappa shape index (κ3) is 3.53. The van der Waals surface area contributed by atoms with Gasteiger partial charge in [-0.1, -0.05) is 11.8 Å². The van der Waals surface area contributed by atoms with Crippen molar-refractivity contribution >= 4 is 23.5 Å². The Morgan fingerprint density at radius 2 is 2.08 bits per heavy atom. The summed E-state index contributed by atoms with van der Waals surface area (Å²) < 4.78 is 6.94. The van der Waals surface area contributed by atoms with Gasteiger partial charge in [-0.15, -0.1) is 10.2 Å². The van der Waals surface area contributed by atoms with Crippen LogP contribution in [0.15, 0.2) is 11.5 Å². The van der Waals surface area contributed by atoms with Gasteiger partial charge in [0, 0.05) is 12.2 Å². The molecule has 8 heteroatoms. The predicted molar refractivity (Wildman–Crippen MR) is 91.6 cm³/mol. The summed E-state index contributed by atoms with van der Waals surface area (Å²) in [5, 5.41) is 8.25. The Morgan fingerprint density at radius 3 is 2.71 bits per heavy atom. The molecule has 0 aliphatic heterocycles. The van der Waals surface area contributed by atoms with E-state index >= 15 is 0 Å². The number of esters is 1. The summed E-state index contributed by atoms with van der Waals surface area (Å²) in [6.07, 6.45) is 1.64. The SMILES string of the molecule is CCOC(=O)c1c(C)[nH]c(C(=O)[C@@H](C)Sc2nncn2CC)c1C. The number of nitrogens with one attached hydrogen (secondary N) is 1. The predicted octanol–water partition coefficient (Wildman–Crippen LogP) is 2.78. The molecule has 0 radical (unpaired) electrons. The zero-order valence-corrected chi connectivity index (χ0v) is 15.4. The Bertz CT molecular complexity index is 751. The third-order valence-corrected chi connectivity index (χ3v) is 4.83. The minimum atomic E-state index is -0.408. The Hall–Kier alpha value is -2.09. The van der Waals surface area contributed by atoms with E-state index in [1.165, 1.54) is 11.8 Å². The molecule has 2 rings (SSSR count). The van der Waals surface area contributed by atoms with Gasteiger partial charge in [0.05, 0.1) is 23.1 Å². The molecule has 0 aliphatic carbocycles. The smallest absolute Gasteiger partial charge is 0.340 e. The van der Waals surface area contributed by atoms with Crippen molar-refractivity contribution in [1.29, 1.82) is 0 Å². The second-order valence-electron chi connectivity index (χ2n) is 5.37. The van der Waals surface area contributed by atoms with Gasteiger partial charge in [0.1, 0.15) is 6.33 Å². The average Bonchev–Trinajstić information content (AvgIpc) is 3.10. The van der Waals surface area contributed by atoms with Gasteiger partial charge in [0.2, 0.25) is 0 Å². The molecule has 2 aromatic rings. The van der Waals surface area contributed by atoms with Crippen molar-refractivity contribution in [2.45, 2.75) is 51.6 Å². The quantitative estimate of drug-likeness (QED) is 0.469. The van der Waals surface area contributed by atoms with Crippen molar-refractivity contribution in [3.05, 3.63) is 28.8 Å². The normalized spacial score (nSPS) is 12.2. The number of Topliss-reactive ketones (excluding diaryl/α,β-unsaturated/α-hetero) is 1. The number of rotatable bonds is 7. The van der Waals surface area contributed by atoms with Crippen LogP contribution in [-0.2, 0) is 11.3 Å². The molecule has 0 bridgehead atoms. The van der Waals surface area contributed by atoms with Gasteiger partial charge in [-0.25, -0.2) is 4.79 Å². The molecule has 2 aromatic heterocycles. The van der Waals surface area contributed by atoms with E-state index in [1.54, 1.807) is 27.1 Å². The Balaban J connectivity index is 2.23. The van der Waals surface area contributed by atoms with Crippen molar-refractivity contribution in [2.75, 3.05) is 6.61 Å². The molecule has 0 fully saturated rings. The summed E-state index contributed by atoms with van der Waals surface area (Å²) in [5.74, 6) is -0.490. The van der Waals surface area contributed by atoms with Crippen LogP contribution in [0.1, 0.15) is 52.9 Å². The fourth-order valence-electron chi connectivity index (χ4n) is 2.47. The molecule has 0 unspecified atom stereocenters. The molecule has 130 valence electrons. The third-order valence-electron chi connectivity index (χ3n) is 3.74. The van der Waals surface area contributed by atoms with Gasteiger partial charge in [-0.2, -0.15) is 0 Å². The maximum absolute atomic E-state index is 12.8. The summed E-state index contributed by atoms with van der Waals surface area (Å²) in [5.41, 5.74) is 2.15. The first-order valence-corrected chi connectivity index (χ1v) is 8.73. The first kappa shape index (κ1) is 18.3. The van der Waals surface area contributed by atoms with Crippen molar-refractivity contribution in [2.24, 2.45) is 0 Å². The van der Waals surface area contributed by atoms with Crippen molar-refractivity contribution in [3.63, 3.8) is 0 Å². The van der Waals surface area contributed by atoms with Gasteiger partial charge >= 0.3 is 5.97 Å². The number of ketones is 1. The highest BCUT2D eigenvalue weighted by molar-refractivity contribution is 8.00. The number of aromatic amines is 1. The Kier molecular flexibility index (Phi) is 5.82. The number of hydrogen-bond donors (Lipinski definition) is 1. The summed E-state index contributed by atoms with van der Waals surface area (Å²) >= 11 is 1.35. The minimum absolute atomic E-state index is 0.0817. The summed E-state index contributed by atoms with van der Waals surface area (Å²) in [4.78, 5) is 27.9. The number of aryl methyl sites for hydroxylation is 2. The van der Waals surface area contributed by atoms with Crippen LogP contribution >= 0.6 is 11.8 Å². The second-order valence-corrected chi connectivity index (χ2v) is 6.68. The molecular weight excluding hydrogens is 328 g/mol. The highest BCUT2D eigenvalue weighted by Gasteiger charge is 2.27. The first-order valence-electron chi connectivity index (χ1n) is 7.85. The lowest BCUT2D eigenvalue weighted by molar-refractivity contribution is 0.0525. The van der Waals surface area contributed by atoms with Crippen LogP contribution in [0.4, 0.5) is 0 Å². The monoisotopic (exact) mass is 350 g/mol. The zero-order valence-electron chi connectivity index (χ0n) is 14.5. The fraction of sp³-hybridized carbons (Fsp3) is 0.500. The van der Waals surface area contributed by atoms with Crippen LogP contribution in [0, 0.1) is 13.8 Å². The molecule has 24 heavy (non-hydrogen) atoms. The van der Waals surface area contributed by atoms with E-state index in [9.17, 15) is 9.59 Å². The number of thioether (sulfide) groups is 1. The molecule has 2 heterocycles. The lowest BCUT2D eigenvalue weighted by atomic mass is 10.1. The van der Waals surface area contributed by atoms with E-state index in [-0.39, 0.29) is 11.0 Å². The largest absolute Gasteiger partial charge is 0.462 e. The van der Waals surface area contributed by atoms with Crippen LogP contribution < -0.4 is 0 Å². The number of carbonyl (C=O) groups excluding carboxylic acids is 2. The minimum Gasteiger partial charge on any atom is -0.462 e. The van der Waals surface area contributed by atoms with Crippen molar-refractivity contribution < 1.29 is 14.3 Å². The molecule has 1 atom stereocenters. The standard InChI is InChI=1S/C16H22N4O3S/c1-6-20-8-17-19-16(20)24-11(5)14(21)13-9(3)12(10(4)18-13)15(22)23-7-2/h8,11,18H,6-7H2,1-5H3/t11-/m1/s1. The second kappa shape index (κ2) is 7.65. The van der Waals surface area contributed by atoms with Crippen LogP contribution in [0.5, 0.6) is 0 Å². The summed E-state index contributed by atoms with van der Waals surface area (Å²) in [6.45, 7) is 10.1. The molecule has 0 aliphatic rings. The molecule has 0 saturated carbocycles. The average molecular weight is 350 g/mol. The molecule has 0 spiro atoms. The lowest BCUT2D eigenvalue weighted by Crippen LogP contribution is -2.16. The topological polar surface area (TPSA) is 89.9 Å². The van der Waals surface area contributed by atoms with Gasteiger partial charge in [0.15, 0.2) is 10.9 Å². The first-order chi connectivity index (χ1) is 11.4. The molecule has 7 nitrogen and oxygen atoms in total. The van der Waals surface area contributed by atoms with Crippen LogP contribution in [0.3, 0.4) is 0 Å². The van der Waals surface area contributed by atoms with E-state index in [0.717, 1.165) is 6.54 Å². The van der Waals surface area contributed by atoms with E-state index in [1.807, 2.05) is 18.4 Å². The van der Waals surface area contributed by atoms with Crippen molar-refractivity contribution in [1.82, 2.24) is 19.7 Å². The highest BCUT2D eigenvalue weighted by Crippen LogP contribution is 2.27. The van der Waals surface area contributed by atoms with Crippen LogP contribution in [0.25, 0.3) is 0 Å². The number of H-pyrrole nitrogens is 1. The van der Waals surface area contributed by atoms with Crippen LogP contribution in [0.2, 0.25) is 0 Å². The number of carbonyl (C=O) groups is 2. The van der Waals surface area contributed by atoms with E-state index < -0.39 is 5.97 Å². The van der Waals surface area contributed by atoms with E-state index in [4.69, 9.17) is 4.74 Å². The maximum atomic E-state index is 12.8. The van der Waals surface area contributed by atoms with Crippen molar-refractivity contribution in [3.8, 4) is 0 Å². The Morgan fingerprint density at radius 1 is 1.38 bits per heavy atom. The molecule has 0 saturated heterocycles.